The van der Waals surface area contributed by atoms with Gasteiger partial charge in [-0.15, -0.1) is 0 Å². The number of nitrogens with zero attached hydrogens (tertiary/aromatic N) is 1. The predicted molar refractivity (Wildman–Crippen MR) is 74.3 cm³/mol. The minimum atomic E-state index is -1.05. The summed E-state index contributed by atoms with van der Waals surface area (Å²) in [6.07, 6.45) is 5.28. The summed E-state index contributed by atoms with van der Waals surface area (Å²) < 4.78 is 5.21. The average Bonchev–Trinajstić information content (AvgIpc) is 2.43. The lowest BCUT2D eigenvalue weighted by Gasteiger charge is -2.23. The monoisotopic (exact) mass is 278 g/mol. The number of hydrogen-bond acceptors (Lipinski definition) is 4. The number of nitrogens with one attached hydrogen (secondary N) is 1. The van der Waals surface area contributed by atoms with Crippen molar-refractivity contribution in [2.45, 2.75) is 19.4 Å². The number of aromatic nitrogens is 1. The quantitative estimate of drug-likeness (QED) is 0.766. The predicted octanol–water partition coefficient (Wildman–Crippen LogP) is 1.33. The SMILES string of the molecule is COC(C)(C)CNC(=O)c1cncc(/C=C/C(=O)O)c1. The maximum absolute atomic E-state index is 12.0. The van der Waals surface area contributed by atoms with E-state index in [1.54, 1.807) is 13.2 Å². The van der Waals surface area contributed by atoms with E-state index in [4.69, 9.17) is 9.84 Å². The van der Waals surface area contributed by atoms with Gasteiger partial charge in [0.1, 0.15) is 0 Å². The molecule has 1 aromatic heterocycles. The van der Waals surface area contributed by atoms with E-state index < -0.39 is 11.6 Å². The van der Waals surface area contributed by atoms with E-state index in [1.165, 1.54) is 18.5 Å². The molecule has 1 heterocycles. The molecule has 20 heavy (non-hydrogen) atoms. The maximum Gasteiger partial charge on any atom is 0.328 e. The third-order valence-electron chi connectivity index (χ3n) is 2.67. The molecule has 108 valence electrons. The standard InChI is InChI=1S/C14H18N2O4/c1-14(2,20-3)9-16-13(19)11-6-10(7-15-8-11)4-5-12(17)18/h4-8H,9H2,1-3H3,(H,16,19)(H,17,18)/b5-4+. The molecule has 2 N–H and O–H groups in total. The van der Waals surface area contributed by atoms with Gasteiger partial charge in [-0.2, -0.15) is 0 Å². The zero-order valence-corrected chi connectivity index (χ0v) is 11.7. The van der Waals surface area contributed by atoms with Crippen LogP contribution in [0, 0.1) is 0 Å². The Morgan fingerprint density at radius 1 is 1.45 bits per heavy atom. The number of carboxylic acids is 1. The summed E-state index contributed by atoms with van der Waals surface area (Å²) in [5.41, 5.74) is 0.458. The van der Waals surface area contributed by atoms with Crippen LogP contribution in [0.1, 0.15) is 29.8 Å². The van der Waals surface area contributed by atoms with Crippen molar-refractivity contribution >= 4 is 18.0 Å². The molecule has 0 unspecified atom stereocenters. The van der Waals surface area contributed by atoms with Gasteiger partial charge in [0.25, 0.3) is 5.91 Å². The van der Waals surface area contributed by atoms with E-state index in [9.17, 15) is 9.59 Å². The van der Waals surface area contributed by atoms with Crippen LogP contribution < -0.4 is 5.32 Å². The molecule has 0 radical (unpaired) electrons. The number of carboxylic acid groups (broad SMARTS) is 1. The summed E-state index contributed by atoms with van der Waals surface area (Å²) in [7, 11) is 1.57. The molecule has 0 aliphatic rings. The minimum absolute atomic E-state index is 0.284. The third-order valence-corrected chi connectivity index (χ3v) is 2.67. The number of carbonyl (C=O) groups is 2. The normalized spacial score (nSPS) is 11.6. The Bertz CT molecular complexity index is 524. The third kappa shape index (κ3) is 5.19. The first-order chi connectivity index (χ1) is 9.34. The van der Waals surface area contributed by atoms with Crippen molar-refractivity contribution in [1.29, 1.82) is 0 Å². The number of rotatable bonds is 6. The molecule has 6 heteroatoms. The fraction of sp³-hybridized carbons (Fsp3) is 0.357. The zero-order chi connectivity index (χ0) is 15.2. The summed E-state index contributed by atoms with van der Waals surface area (Å²) in [6.45, 7) is 4.08. The van der Waals surface area contributed by atoms with Crippen LogP contribution in [-0.2, 0) is 9.53 Å². The number of ether oxygens (including phenoxy) is 1. The highest BCUT2D eigenvalue weighted by Gasteiger charge is 2.18. The molecular formula is C14H18N2O4. The van der Waals surface area contributed by atoms with E-state index in [1.807, 2.05) is 13.8 Å². The second-order valence-electron chi connectivity index (χ2n) is 4.83. The molecule has 0 atom stereocenters. The van der Waals surface area contributed by atoms with E-state index in [0.717, 1.165) is 6.08 Å². The van der Waals surface area contributed by atoms with Crippen LogP contribution in [0.25, 0.3) is 6.08 Å². The molecule has 0 saturated heterocycles. The second-order valence-corrected chi connectivity index (χ2v) is 4.83. The maximum atomic E-state index is 12.0. The summed E-state index contributed by atoms with van der Waals surface area (Å²) in [4.78, 5) is 26.3. The van der Waals surface area contributed by atoms with Gasteiger partial charge in [-0.05, 0) is 31.6 Å². The van der Waals surface area contributed by atoms with Gasteiger partial charge in [-0.3, -0.25) is 9.78 Å². The van der Waals surface area contributed by atoms with Crippen molar-refractivity contribution in [1.82, 2.24) is 10.3 Å². The Balaban J connectivity index is 2.74. The lowest BCUT2D eigenvalue weighted by atomic mass is 10.1. The van der Waals surface area contributed by atoms with E-state index >= 15 is 0 Å². The number of pyridine rings is 1. The molecule has 6 nitrogen and oxygen atoms in total. The highest BCUT2D eigenvalue weighted by molar-refractivity contribution is 5.94. The van der Waals surface area contributed by atoms with Crippen LogP contribution in [0.15, 0.2) is 24.5 Å². The Morgan fingerprint density at radius 3 is 2.75 bits per heavy atom. The zero-order valence-electron chi connectivity index (χ0n) is 11.7. The molecule has 1 aromatic rings. The molecule has 0 aromatic carbocycles. The summed E-state index contributed by atoms with van der Waals surface area (Å²) in [6, 6.07) is 1.57. The summed E-state index contributed by atoms with van der Waals surface area (Å²) in [5.74, 6) is -1.34. The lowest BCUT2D eigenvalue weighted by molar-refractivity contribution is -0.131. The Kier molecular flexibility index (Phi) is 5.40. The van der Waals surface area contributed by atoms with Crippen LogP contribution in [0.4, 0.5) is 0 Å². The highest BCUT2D eigenvalue weighted by Crippen LogP contribution is 2.08. The first-order valence-corrected chi connectivity index (χ1v) is 6.03. The van der Waals surface area contributed by atoms with Crippen LogP contribution in [0.5, 0.6) is 0 Å². The topological polar surface area (TPSA) is 88.5 Å². The van der Waals surface area contributed by atoms with Gasteiger partial charge in [-0.1, -0.05) is 0 Å². The Labute approximate surface area is 117 Å². The van der Waals surface area contributed by atoms with Crippen molar-refractivity contribution < 1.29 is 19.4 Å². The second kappa shape index (κ2) is 6.81. The van der Waals surface area contributed by atoms with Crippen molar-refractivity contribution in [3.05, 3.63) is 35.7 Å². The smallest absolute Gasteiger partial charge is 0.328 e. The van der Waals surface area contributed by atoms with E-state index in [0.29, 0.717) is 17.7 Å². The van der Waals surface area contributed by atoms with Gasteiger partial charge >= 0.3 is 5.97 Å². The minimum Gasteiger partial charge on any atom is -0.478 e. The van der Waals surface area contributed by atoms with Crippen LogP contribution in [0.3, 0.4) is 0 Å². The average molecular weight is 278 g/mol. The molecule has 1 rings (SSSR count). The summed E-state index contributed by atoms with van der Waals surface area (Å²) >= 11 is 0. The largest absolute Gasteiger partial charge is 0.478 e. The van der Waals surface area contributed by atoms with E-state index in [-0.39, 0.29) is 5.91 Å². The summed E-state index contributed by atoms with van der Waals surface area (Å²) in [5, 5.41) is 11.3. The van der Waals surface area contributed by atoms with Crippen molar-refractivity contribution in [2.24, 2.45) is 0 Å². The van der Waals surface area contributed by atoms with Gasteiger partial charge in [0.2, 0.25) is 0 Å². The molecule has 0 saturated carbocycles. The molecule has 0 bridgehead atoms. The highest BCUT2D eigenvalue weighted by atomic mass is 16.5. The Morgan fingerprint density at radius 2 is 2.15 bits per heavy atom. The number of carbonyl (C=O) groups excluding carboxylic acids is 1. The van der Waals surface area contributed by atoms with E-state index in [2.05, 4.69) is 10.3 Å². The molecule has 0 aliphatic heterocycles. The van der Waals surface area contributed by atoms with Crippen LogP contribution >= 0.6 is 0 Å². The first kappa shape index (κ1) is 15.8. The number of hydrogen-bond donors (Lipinski definition) is 2. The fourth-order valence-electron chi connectivity index (χ4n) is 1.31. The molecule has 1 amide bonds. The number of methoxy groups -OCH3 is 1. The number of amides is 1. The van der Waals surface area contributed by atoms with Crippen molar-refractivity contribution in [2.75, 3.05) is 13.7 Å². The molecule has 0 spiro atoms. The van der Waals surface area contributed by atoms with Gasteiger partial charge in [0, 0.05) is 32.1 Å². The Hall–Kier alpha value is -2.21. The molecule has 0 fully saturated rings. The fourth-order valence-corrected chi connectivity index (χ4v) is 1.31. The first-order valence-electron chi connectivity index (χ1n) is 6.03. The molecule has 0 aliphatic carbocycles. The van der Waals surface area contributed by atoms with Crippen LogP contribution in [0.2, 0.25) is 0 Å². The molecular weight excluding hydrogens is 260 g/mol. The van der Waals surface area contributed by atoms with Crippen molar-refractivity contribution in [3.63, 3.8) is 0 Å². The lowest BCUT2D eigenvalue weighted by Crippen LogP contribution is -2.39. The number of aliphatic carboxylic acids is 1. The van der Waals surface area contributed by atoms with Crippen LogP contribution in [-0.4, -0.2) is 41.2 Å². The van der Waals surface area contributed by atoms with Crippen molar-refractivity contribution in [3.8, 4) is 0 Å². The van der Waals surface area contributed by atoms with Gasteiger partial charge in [0.15, 0.2) is 0 Å². The van der Waals surface area contributed by atoms with Gasteiger partial charge in [-0.25, -0.2) is 4.79 Å². The van der Waals surface area contributed by atoms with Gasteiger partial charge < -0.3 is 15.2 Å². The van der Waals surface area contributed by atoms with Gasteiger partial charge in [0.05, 0.1) is 11.2 Å².